The number of halogens is 1. The maximum Gasteiger partial charge on any atom is 0.107 e. The van der Waals surface area contributed by atoms with Crippen LogP contribution in [0.4, 0.5) is 5.69 Å². The van der Waals surface area contributed by atoms with Crippen molar-refractivity contribution >= 4 is 34.5 Å². The Balaban J connectivity index is 2.83. The first-order valence-corrected chi connectivity index (χ1v) is 6.69. The van der Waals surface area contributed by atoms with Gasteiger partial charge in [0.15, 0.2) is 0 Å². The van der Waals surface area contributed by atoms with Crippen LogP contribution in [0.15, 0.2) is 18.2 Å². The molecule has 0 bridgehead atoms. The highest BCUT2D eigenvalue weighted by molar-refractivity contribution is 7.80. The van der Waals surface area contributed by atoms with E-state index in [9.17, 15) is 0 Å². The minimum absolute atomic E-state index is 0.334. The SMILES string of the molecule is CCCCC(C)Nc1cccc(Cl)c1C(N)=S. The molecule has 0 aliphatic rings. The maximum atomic E-state index is 6.10. The number of nitrogens with two attached hydrogens (primary N) is 1. The van der Waals surface area contributed by atoms with Crippen molar-refractivity contribution in [3.8, 4) is 0 Å². The second-order valence-electron chi connectivity index (χ2n) is 4.21. The smallest absolute Gasteiger partial charge is 0.107 e. The zero-order valence-corrected chi connectivity index (χ0v) is 11.9. The van der Waals surface area contributed by atoms with Crippen LogP contribution in [0.25, 0.3) is 0 Å². The van der Waals surface area contributed by atoms with Crippen LogP contribution in [0.2, 0.25) is 5.02 Å². The summed E-state index contributed by atoms with van der Waals surface area (Å²) in [6.07, 6.45) is 3.53. The minimum atomic E-state index is 0.334. The monoisotopic (exact) mass is 270 g/mol. The summed E-state index contributed by atoms with van der Waals surface area (Å²) in [4.78, 5) is 0.334. The van der Waals surface area contributed by atoms with Gasteiger partial charge in [0.1, 0.15) is 4.99 Å². The summed E-state index contributed by atoms with van der Waals surface area (Å²) in [5, 5.41) is 4.02. The van der Waals surface area contributed by atoms with Crippen LogP contribution in [0.5, 0.6) is 0 Å². The van der Waals surface area contributed by atoms with Crippen LogP contribution in [-0.2, 0) is 0 Å². The minimum Gasteiger partial charge on any atom is -0.389 e. The number of hydrogen-bond donors (Lipinski definition) is 2. The summed E-state index contributed by atoms with van der Waals surface area (Å²) in [6, 6.07) is 6.06. The standard InChI is InChI=1S/C13H19ClN2S/c1-3-4-6-9(2)16-11-8-5-7-10(14)12(11)13(15)17/h5,7-9,16H,3-4,6H2,1-2H3,(H2,15,17). The molecule has 0 saturated carbocycles. The average Bonchev–Trinajstić information content (AvgIpc) is 2.25. The van der Waals surface area contributed by atoms with Crippen molar-refractivity contribution in [2.45, 2.75) is 39.2 Å². The molecule has 0 radical (unpaired) electrons. The van der Waals surface area contributed by atoms with Crippen LogP contribution in [0, 0.1) is 0 Å². The molecule has 1 atom stereocenters. The molecular formula is C13H19ClN2S. The molecule has 1 aromatic rings. The van der Waals surface area contributed by atoms with Gasteiger partial charge < -0.3 is 11.1 Å². The van der Waals surface area contributed by atoms with Crippen molar-refractivity contribution in [1.82, 2.24) is 0 Å². The molecule has 1 aromatic carbocycles. The lowest BCUT2D eigenvalue weighted by atomic mass is 10.1. The molecule has 2 nitrogen and oxygen atoms in total. The average molecular weight is 271 g/mol. The first-order valence-electron chi connectivity index (χ1n) is 5.91. The Morgan fingerprint density at radius 1 is 1.53 bits per heavy atom. The van der Waals surface area contributed by atoms with Gasteiger partial charge in [0, 0.05) is 11.7 Å². The quantitative estimate of drug-likeness (QED) is 0.769. The highest BCUT2D eigenvalue weighted by Gasteiger charge is 2.11. The topological polar surface area (TPSA) is 38.0 Å². The van der Waals surface area contributed by atoms with Gasteiger partial charge in [-0.1, -0.05) is 49.7 Å². The van der Waals surface area contributed by atoms with E-state index in [2.05, 4.69) is 19.2 Å². The molecule has 0 saturated heterocycles. The van der Waals surface area contributed by atoms with E-state index < -0.39 is 0 Å². The number of anilines is 1. The van der Waals surface area contributed by atoms with Crippen molar-refractivity contribution < 1.29 is 0 Å². The number of thiocarbonyl (C=S) groups is 1. The van der Waals surface area contributed by atoms with Crippen LogP contribution in [0.1, 0.15) is 38.7 Å². The van der Waals surface area contributed by atoms with Gasteiger partial charge in [-0.15, -0.1) is 0 Å². The van der Waals surface area contributed by atoms with E-state index in [1.54, 1.807) is 6.07 Å². The predicted molar refractivity (Wildman–Crippen MR) is 79.9 cm³/mol. The third-order valence-electron chi connectivity index (χ3n) is 2.65. The highest BCUT2D eigenvalue weighted by Crippen LogP contribution is 2.25. The molecule has 0 aromatic heterocycles. The van der Waals surface area contributed by atoms with Gasteiger partial charge in [0.2, 0.25) is 0 Å². The largest absolute Gasteiger partial charge is 0.389 e. The highest BCUT2D eigenvalue weighted by atomic mass is 35.5. The Labute approximate surface area is 114 Å². The van der Waals surface area contributed by atoms with E-state index in [4.69, 9.17) is 29.6 Å². The number of rotatable bonds is 6. The van der Waals surface area contributed by atoms with Gasteiger partial charge in [0.05, 0.1) is 10.6 Å². The summed E-state index contributed by atoms with van der Waals surface area (Å²) in [5.41, 5.74) is 7.37. The molecule has 94 valence electrons. The Bertz CT molecular complexity index is 393. The Morgan fingerprint density at radius 3 is 2.82 bits per heavy atom. The predicted octanol–water partition coefficient (Wildman–Crippen LogP) is 3.96. The van der Waals surface area contributed by atoms with E-state index in [0.717, 1.165) is 17.7 Å². The van der Waals surface area contributed by atoms with Crippen molar-refractivity contribution in [2.24, 2.45) is 5.73 Å². The van der Waals surface area contributed by atoms with Gasteiger partial charge >= 0.3 is 0 Å². The number of unbranched alkanes of at least 4 members (excludes halogenated alkanes) is 1. The molecule has 3 N–H and O–H groups in total. The Hall–Kier alpha value is -0.800. The molecule has 0 aliphatic heterocycles. The number of nitrogens with one attached hydrogen (secondary N) is 1. The van der Waals surface area contributed by atoms with Crippen molar-refractivity contribution in [3.63, 3.8) is 0 Å². The van der Waals surface area contributed by atoms with Gasteiger partial charge in [0.25, 0.3) is 0 Å². The van der Waals surface area contributed by atoms with Gasteiger partial charge in [-0.3, -0.25) is 0 Å². The van der Waals surface area contributed by atoms with E-state index in [1.165, 1.54) is 12.8 Å². The van der Waals surface area contributed by atoms with Crippen molar-refractivity contribution in [1.29, 1.82) is 0 Å². The molecule has 1 unspecified atom stereocenters. The molecule has 0 amide bonds. The van der Waals surface area contributed by atoms with Crippen molar-refractivity contribution in [2.75, 3.05) is 5.32 Å². The summed E-state index contributed by atoms with van der Waals surface area (Å²) in [6.45, 7) is 4.34. The van der Waals surface area contributed by atoms with E-state index in [1.807, 2.05) is 12.1 Å². The van der Waals surface area contributed by atoms with Gasteiger partial charge in [-0.05, 0) is 25.5 Å². The van der Waals surface area contributed by atoms with E-state index >= 15 is 0 Å². The molecule has 1 rings (SSSR count). The van der Waals surface area contributed by atoms with Crippen LogP contribution < -0.4 is 11.1 Å². The molecule has 0 heterocycles. The summed E-state index contributed by atoms with van der Waals surface area (Å²) >= 11 is 11.1. The summed E-state index contributed by atoms with van der Waals surface area (Å²) in [7, 11) is 0. The fourth-order valence-electron chi connectivity index (χ4n) is 1.74. The third kappa shape index (κ3) is 4.17. The fraction of sp³-hybridized carbons (Fsp3) is 0.462. The second kappa shape index (κ2) is 6.82. The lowest BCUT2D eigenvalue weighted by Gasteiger charge is -2.18. The normalized spacial score (nSPS) is 12.2. The zero-order valence-electron chi connectivity index (χ0n) is 10.3. The lowest BCUT2D eigenvalue weighted by molar-refractivity contribution is 0.645. The Kier molecular flexibility index (Phi) is 5.72. The fourth-order valence-corrected chi connectivity index (χ4v) is 2.30. The Morgan fingerprint density at radius 2 is 2.24 bits per heavy atom. The summed E-state index contributed by atoms with van der Waals surface area (Å²) in [5.74, 6) is 0. The third-order valence-corrected chi connectivity index (χ3v) is 3.17. The lowest BCUT2D eigenvalue weighted by Crippen LogP contribution is -2.19. The van der Waals surface area contributed by atoms with E-state index in [0.29, 0.717) is 16.1 Å². The van der Waals surface area contributed by atoms with Gasteiger partial charge in [-0.25, -0.2) is 0 Å². The molecule has 4 heteroatoms. The molecule has 0 aliphatic carbocycles. The van der Waals surface area contributed by atoms with Crippen LogP contribution in [-0.4, -0.2) is 11.0 Å². The maximum absolute atomic E-state index is 6.10. The number of hydrogen-bond acceptors (Lipinski definition) is 2. The van der Waals surface area contributed by atoms with Crippen molar-refractivity contribution in [3.05, 3.63) is 28.8 Å². The first-order chi connectivity index (χ1) is 8.06. The molecule has 17 heavy (non-hydrogen) atoms. The van der Waals surface area contributed by atoms with Crippen LogP contribution in [0.3, 0.4) is 0 Å². The summed E-state index contributed by atoms with van der Waals surface area (Å²) < 4.78 is 0. The number of benzene rings is 1. The van der Waals surface area contributed by atoms with Gasteiger partial charge in [-0.2, -0.15) is 0 Å². The first kappa shape index (κ1) is 14.3. The zero-order chi connectivity index (χ0) is 12.8. The second-order valence-corrected chi connectivity index (χ2v) is 5.06. The molecule has 0 fully saturated rings. The molecule has 0 spiro atoms. The molecular weight excluding hydrogens is 252 g/mol. The van der Waals surface area contributed by atoms with Crippen LogP contribution >= 0.6 is 23.8 Å². The van der Waals surface area contributed by atoms with E-state index in [-0.39, 0.29) is 0 Å².